The Hall–Kier alpha value is -1.97. The van der Waals surface area contributed by atoms with Crippen molar-refractivity contribution in [2.24, 2.45) is 0 Å². The predicted molar refractivity (Wildman–Crippen MR) is 54.5 cm³/mol. The average molecular weight is 206 g/mol. The molecule has 1 aliphatic rings. The molecule has 0 unspecified atom stereocenters. The molecule has 2 N–H and O–H groups in total. The molecule has 0 amide bonds. The SMILES string of the molecule is CC1=Cc2ccc(=O)c(O)c(O)c2CO1. The predicted octanol–water partition coefficient (Wildman–Crippen LogP) is 1.35. The van der Waals surface area contributed by atoms with Gasteiger partial charge in [-0.25, -0.2) is 0 Å². The molecular formula is C11H10O4. The van der Waals surface area contributed by atoms with Crippen molar-refractivity contribution in [1.82, 2.24) is 0 Å². The number of rotatable bonds is 0. The fourth-order valence-corrected chi connectivity index (χ4v) is 1.47. The molecule has 0 saturated carbocycles. The first kappa shape index (κ1) is 9.58. The van der Waals surface area contributed by atoms with E-state index in [0.29, 0.717) is 16.9 Å². The van der Waals surface area contributed by atoms with Crippen molar-refractivity contribution in [3.8, 4) is 11.5 Å². The van der Waals surface area contributed by atoms with Gasteiger partial charge >= 0.3 is 0 Å². The first-order valence-corrected chi connectivity index (χ1v) is 4.49. The first-order valence-electron chi connectivity index (χ1n) is 4.49. The van der Waals surface area contributed by atoms with Crippen molar-refractivity contribution in [2.45, 2.75) is 13.5 Å². The number of hydrogen-bond acceptors (Lipinski definition) is 4. The molecule has 0 radical (unpaired) electrons. The van der Waals surface area contributed by atoms with E-state index in [1.165, 1.54) is 6.07 Å². The average Bonchev–Trinajstić information content (AvgIpc) is 2.32. The maximum absolute atomic E-state index is 11.2. The molecule has 1 aromatic rings. The fourth-order valence-electron chi connectivity index (χ4n) is 1.47. The number of hydrogen-bond donors (Lipinski definition) is 2. The normalized spacial score (nSPS) is 13.8. The van der Waals surface area contributed by atoms with Crippen LogP contribution in [0.5, 0.6) is 11.5 Å². The second-order valence-corrected chi connectivity index (χ2v) is 3.37. The van der Waals surface area contributed by atoms with Crippen LogP contribution in [-0.2, 0) is 11.3 Å². The second kappa shape index (κ2) is 3.31. The number of ether oxygens (including phenoxy) is 1. The number of allylic oxidation sites excluding steroid dienone is 1. The lowest BCUT2D eigenvalue weighted by atomic mass is 10.1. The minimum Gasteiger partial charge on any atom is -0.504 e. The summed E-state index contributed by atoms with van der Waals surface area (Å²) in [4.78, 5) is 11.2. The molecule has 0 atom stereocenters. The van der Waals surface area contributed by atoms with Crippen LogP contribution in [0.15, 0.2) is 22.7 Å². The van der Waals surface area contributed by atoms with E-state index in [0.717, 1.165) is 0 Å². The van der Waals surface area contributed by atoms with E-state index in [2.05, 4.69) is 0 Å². The summed E-state index contributed by atoms with van der Waals surface area (Å²) in [6, 6.07) is 2.78. The van der Waals surface area contributed by atoms with Crippen LogP contribution in [0.1, 0.15) is 18.1 Å². The Labute approximate surface area is 86.1 Å². The van der Waals surface area contributed by atoms with Crippen molar-refractivity contribution in [2.75, 3.05) is 0 Å². The van der Waals surface area contributed by atoms with Gasteiger partial charge in [0.1, 0.15) is 6.61 Å². The van der Waals surface area contributed by atoms with E-state index in [9.17, 15) is 15.0 Å². The van der Waals surface area contributed by atoms with Crippen molar-refractivity contribution in [3.63, 3.8) is 0 Å². The van der Waals surface area contributed by atoms with Crippen LogP contribution in [0, 0.1) is 0 Å². The quantitative estimate of drug-likeness (QED) is 0.672. The summed E-state index contributed by atoms with van der Waals surface area (Å²) in [5.41, 5.74) is 0.516. The highest BCUT2D eigenvalue weighted by Gasteiger charge is 2.16. The van der Waals surface area contributed by atoms with Gasteiger partial charge < -0.3 is 14.9 Å². The molecule has 78 valence electrons. The Morgan fingerprint density at radius 2 is 2.00 bits per heavy atom. The number of fused-ring (bicyclic) bond motifs is 1. The van der Waals surface area contributed by atoms with Crippen LogP contribution in [0.4, 0.5) is 0 Å². The third kappa shape index (κ3) is 1.54. The minimum absolute atomic E-state index is 0.158. The Balaban J connectivity index is 2.80. The lowest BCUT2D eigenvalue weighted by Crippen LogP contribution is -1.99. The van der Waals surface area contributed by atoms with Crippen molar-refractivity contribution in [3.05, 3.63) is 39.2 Å². The van der Waals surface area contributed by atoms with E-state index in [1.807, 2.05) is 0 Å². The Bertz CT molecular complexity index is 503. The van der Waals surface area contributed by atoms with Crippen LogP contribution in [0.2, 0.25) is 0 Å². The summed E-state index contributed by atoms with van der Waals surface area (Å²) >= 11 is 0. The van der Waals surface area contributed by atoms with Gasteiger partial charge in [0.05, 0.1) is 5.76 Å². The highest BCUT2D eigenvalue weighted by molar-refractivity contribution is 5.61. The van der Waals surface area contributed by atoms with Gasteiger partial charge in [0, 0.05) is 5.56 Å². The highest BCUT2D eigenvalue weighted by atomic mass is 16.5. The molecule has 0 aliphatic carbocycles. The molecule has 4 nitrogen and oxygen atoms in total. The van der Waals surface area contributed by atoms with E-state index in [-0.39, 0.29) is 6.61 Å². The third-order valence-corrected chi connectivity index (χ3v) is 2.31. The van der Waals surface area contributed by atoms with Gasteiger partial charge in [-0.05, 0) is 24.6 Å². The molecule has 4 heteroatoms. The van der Waals surface area contributed by atoms with Gasteiger partial charge in [-0.2, -0.15) is 0 Å². The van der Waals surface area contributed by atoms with Crippen LogP contribution in [-0.4, -0.2) is 10.2 Å². The summed E-state index contributed by atoms with van der Waals surface area (Å²) in [7, 11) is 0. The van der Waals surface area contributed by atoms with Gasteiger partial charge in [0.25, 0.3) is 0 Å². The summed E-state index contributed by atoms with van der Waals surface area (Å²) in [5, 5.41) is 19.0. The molecule has 1 aromatic carbocycles. The highest BCUT2D eigenvalue weighted by Crippen LogP contribution is 2.31. The molecule has 0 fully saturated rings. The molecule has 0 aromatic heterocycles. The zero-order chi connectivity index (χ0) is 11.0. The molecule has 1 heterocycles. The Kier molecular flexibility index (Phi) is 2.11. The van der Waals surface area contributed by atoms with Gasteiger partial charge in [-0.15, -0.1) is 0 Å². The molecule has 1 aliphatic heterocycles. The summed E-state index contributed by atoms with van der Waals surface area (Å²) in [6.45, 7) is 1.94. The minimum atomic E-state index is -0.632. The maximum Gasteiger partial charge on any atom is 0.224 e. The van der Waals surface area contributed by atoms with Crippen LogP contribution in [0.3, 0.4) is 0 Å². The Morgan fingerprint density at radius 3 is 2.73 bits per heavy atom. The first-order chi connectivity index (χ1) is 7.09. The zero-order valence-corrected chi connectivity index (χ0v) is 8.15. The topological polar surface area (TPSA) is 66.8 Å². The van der Waals surface area contributed by atoms with Gasteiger partial charge in [-0.1, -0.05) is 6.07 Å². The van der Waals surface area contributed by atoms with Crippen LogP contribution in [0.25, 0.3) is 6.08 Å². The summed E-state index contributed by atoms with van der Waals surface area (Å²) < 4.78 is 5.21. The van der Waals surface area contributed by atoms with E-state index >= 15 is 0 Å². The standard InChI is InChI=1S/C11H10O4/c1-6-4-7-2-3-9(12)11(14)10(13)8(7)5-15-6/h2-4H,5H2,1H3,(H2,12,13,14). The van der Waals surface area contributed by atoms with E-state index < -0.39 is 16.9 Å². The largest absolute Gasteiger partial charge is 0.504 e. The molecule has 2 rings (SSSR count). The van der Waals surface area contributed by atoms with Gasteiger partial charge in [0.2, 0.25) is 11.2 Å². The molecule has 15 heavy (non-hydrogen) atoms. The van der Waals surface area contributed by atoms with E-state index in [1.54, 1.807) is 19.1 Å². The van der Waals surface area contributed by atoms with Gasteiger partial charge in [0.15, 0.2) is 5.75 Å². The summed E-state index contributed by atoms with van der Waals surface area (Å²) in [6.07, 6.45) is 1.71. The van der Waals surface area contributed by atoms with Crippen LogP contribution >= 0.6 is 0 Å². The molecule has 0 saturated heterocycles. The Morgan fingerprint density at radius 1 is 1.27 bits per heavy atom. The number of aromatic hydroxyl groups is 2. The monoisotopic (exact) mass is 206 g/mol. The smallest absolute Gasteiger partial charge is 0.224 e. The third-order valence-electron chi connectivity index (χ3n) is 2.31. The summed E-state index contributed by atoms with van der Waals surface area (Å²) in [5.74, 6) is -0.323. The van der Waals surface area contributed by atoms with Crippen molar-refractivity contribution < 1.29 is 14.9 Å². The zero-order valence-electron chi connectivity index (χ0n) is 8.15. The second-order valence-electron chi connectivity index (χ2n) is 3.37. The van der Waals surface area contributed by atoms with Crippen molar-refractivity contribution in [1.29, 1.82) is 0 Å². The maximum atomic E-state index is 11.2. The lowest BCUT2D eigenvalue weighted by molar-refractivity contribution is 0.195. The van der Waals surface area contributed by atoms with Crippen LogP contribution < -0.4 is 5.43 Å². The lowest BCUT2D eigenvalue weighted by Gasteiger charge is -2.14. The molecule has 0 bridgehead atoms. The fraction of sp³-hybridized carbons (Fsp3) is 0.182. The molecule has 0 spiro atoms. The molecular weight excluding hydrogens is 196 g/mol. The van der Waals surface area contributed by atoms with Gasteiger partial charge in [-0.3, -0.25) is 4.79 Å². The van der Waals surface area contributed by atoms with E-state index in [4.69, 9.17) is 4.74 Å². The van der Waals surface area contributed by atoms with Crippen molar-refractivity contribution >= 4 is 6.08 Å².